The van der Waals surface area contributed by atoms with Crippen LogP contribution in [-0.4, -0.2) is 36.6 Å². The number of amides is 1. The first-order chi connectivity index (χ1) is 14.9. The molecule has 158 valence electrons. The maximum Gasteiger partial charge on any atom is 0.234 e. The monoisotopic (exact) mass is 436 g/mol. The number of carbonyl (C=O) groups excluding carboxylic acids is 1. The number of aromatic amines is 1. The second-order valence-electron chi connectivity index (χ2n) is 7.08. The van der Waals surface area contributed by atoms with Crippen molar-refractivity contribution in [2.24, 2.45) is 0 Å². The van der Waals surface area contributed by atoms with Gasteiger partial charge in [0.15, 0.2) is 5.82 Å². The summed E-state index contributed by atoms with van der Waals surface area (Å²) in [6.45, 7) is 5.80. The molecule has 1 amide bonds. The summed E-state index contributed by atoms with van der Waals surface area (Å²) in [5.74, 6) is -0.142. The number of H-pyrrole nitrogens is 1. The van der Waals surface area contributed by atoms with E-state index in [1.165, 1.54) is 23.4 Å². The standard InChI is InChI=1S/C22H21FN6OS/c1-13-8-10-16(11-9-13)29-15(3)20(14(2)28-29)24-19(30)12-31-22-25-21(26-27-22)17-6-4-5-7-18(17)23/h4-11H,12H2,1-3H3,(H,24,30)(H,25,26,27). The van der Waals surface area contributed by atoms with Crippen LogP contribution in [0, 0.1) is 26.6 Å². The minimum atomic E-state index is -0.385. The highest BCUT2D eigenvalue weighted by atomic mass is 32.2. The lowest BCUT2D eigenvalue weighted by molar-refractivity contribution is -0.113. The minimum absolute atomic E-state index is 0.114. The number of aromatic nitrogens is 5. The van der Waals surface area contributed by atoms with Crippen LogP contribution in [0.4, 0.5) is 10.1 Å². The minimum Gasteiger partial charge on any atom is -0.322 e. The van der Waals surface area contributed by atoms with Crippen molar-refractivity contribution < 1.29 is 9.18 Å². The molecule has 0 bridgehead atoms. The van der Waals surface area contributed by atoms with E-state index in [-0.39, 0.29) is 17.5 Å². The van der Waals surface area contributed by atoms with Gasteiger partial charge in [-0.15, -0.1) is 5.10 Å². The summed E-state index contributed by atoms with van der Waals surface area (Å²) in [6, 6.07) is 14.3. The Balaban J connectivity index is 1.42. The van der Waals surface area contributed by atoms with Crippen molar-refractivity contribution in [1.29, 1.82) is 0 Å². The van der Waals surface area contributed by atoms with Crippen LogP contribution in [0.2, 0.25) is 0 Å². The molecule has 0 fully saturated rings. The van der Waals surface area contributed by atoms with Gasteiger partial charge in [-0.05, 0) is 45.0 Å². The van der Waals surface area contributed by atoms with Gasteiger partial charge in [-0.3, -0.25) is 9.89 Å². The van der Waals surface area contributed by atoms with Crippen molar-refractivity contribution in [1.82, 2.24) is 25.0 Å². The molecule has 0 aliphatic rings. The van der Waals surface area contributed by atoms with Crippen molar-refractivity contribution in [3.8, 4) is 17.1 Å². The summed E-state index contributed by atoms with van der Waals surface area (Å²) >= 11 is 1.17. The molecule has 0 saturated heterocycles. The van der Waals surface area contributed by atoms with Crippen LogP contribution in [0.25, 0.3) is 17.1 Å². The quantitative estimate of drug-likeness (QED) is 0.436. The van der Waals surface area contributed by atoms with Crippen LogP contribution >= 0.6 is 11.8 Å². The van der Waals surface area contributed by atoms with E-state index in [1.807, 2.05) is 49.7 Å². The van der Waals surface area contributed by atoms with Gasteiger partial charge in [0.25, 0.3) is 0 Å². The van der Waals surface area contributed by atoms with Crippen molar-refractivity contribution in [2.75, 3.05) is 11.1 Å². The third-order valence-electron chi connectivity index (χ3n) is 4.76. The normalized spacial score (nSPS) is 11.0. The van der Waals surface area contributed by atoms with E-state index in [1.54, 1.807) is 18.2 Å². The molecule has 31 heavy (non-hydrogen) atoms. The molecule has 2 aromatic carbocycles. The number of nitrogens with zero attached hydrogens (tertiary/aromatic N) is 4. The molecule has 0 unspecified atom stereocenters. The lowest BCUT2D eigenvalue weighted by Crippen LogP contribution is -2.15. The van der Waals surface area contributed by atoms with E-state index in [2.05, 4.69) is 25.6 Å². The largest absolute Gasteiger partial charge is 0.322 e. The molecular formula is C22H21FN6OS. The van der Waals surface area contributed by atoms with Gasteiger partial charge in [0.2, 0.25) is 11.1 Å². The number of anilines is 1. The van der Waals surface area contributed by atoms with Crippen LogP contribution in [-0.2, 0) is 4.79 Å². The van der Waals surface area contributed by atoms with Gasteiger partial charge in [-0.1, -0.05) is 41.6 Å². The number of thioether (sulfide) groups is 1. The summed E-state index contributed by atoms with van der Waals surface area (Å²) in [5, 5.41) is 14.6. The predicted molar refractivity (Wildman–Crippen MR) is 119 cm³/mol. The average molecular weight is 437 g/mol. The predicted octanol–water partition coefficient (Wildman–Crippen LogP) is 4.45. The van der Waals surface area contributed by atoms with E-state index in [0.29, 0.717) is 22.2 Å². The molecule has 0 saturated carbocycles. The molecular weight excluding hydrogens is 415 g/mol. The first-order valence-electron chi connectivity index (χ1n) is 9.65. The fourth-order valence-electron chi connectivity index (χ4n) is 3.15. The number of carbonyl (C=O) groups is 1. The summed E-state index contributed by atoms with van der Waals surface area (Å²) in [4.78, 5) is 16.8. The first kappa shape index (κ1) is 20.8. The van der Waals surface area contributed by atoms with E-state index in [9.17, 15) is 9.18 Å². The zero-order valence-corrected chi connectivity index (χ0v) is 18.1. The smallest absolute Gasteiger partial charge is 0.234 e. The Bertz CT molecular complexity index is 1230. The van der Waals surface area contributed by atoms with Gasteiger partial charge in [-0.2, -0.15) is 5.10 Å². The number of hydrogen-bond donors (Lipinski definition) is 2. The number of benzene rings is 2. The fraction of sp³-hybridized carbons (Fsp3) is 0.182. The number of halogens is 1. The number of hydrogen-bond acceptors (Lipinski definition) is 5. The zero-order chi connectivity index (χ0) is 22.0. The summed E-state index contributed by atoms with van der Waals surface area (Å²) in [6.07, 6.45) is 0. The number of rotatable bonds is 6. The Morgan fingerprint density at radius 1 is 1.13 bits per heavy atom. The van der Waals surface area contributed by atoms with E-state index in [0.717, 1.165) is 17.1 Å². The second-order valence-corrected chi connectivity index (χ2v) is 8.02. The molecule has 0 radical (unpaired) electrons. The Hall–Kier alpha value is -3.46. The summed E-state index contributed by atoms with van der Waals surface area (Å²) in [7, 11) is 0. The van der Waals surface area contributed by atoms with Gasteiger partial charge in [0.05, 0.1) is 34.1 Å². The van der Waals surface area contributed by atoms with E-state index in [4.69, 9.17) is 0 Å². The lowest BCUT2D eigenvalue weighted by atomic mass is 10.2. The molecule has 0 atom stereocenters. The molecule has 0 aliphatic heterocycles. The Morgan fingerprint density at radius 3 is 2.61 bits per heavy atom. The van der Waals surface area contributed by atoms with Crippen LogP contribution in [0.5, 0.6) is 0 Å². The molecule has 9 heteroatoms. The molecule has 4 aromatic rings. The Morgan fingerprint density at radius 2 is 1.87 bits per heavy atom. The molecule has 2 aromatic heterocycles. The summed E-state index contributed by atoms with van der Waals surface area (Å²) in [5.41, 5.74) is 4.70. The third-order valence-corrected chi connectivity index (χ3v) is 5.61. The Labute approximate surface area is 183 Å². The third kappa shape index (κ3) is 4.51. The zero-order valence-electron chi connectivity index (χ0n) is 17.3. The van der Waals surface area contributed by atoms with Gasteiger partial charge in [-0.25, -0.2) is 14.1 Å². The molecule has 0 aliphatic carbocycles. The lowest BCUT2D eigenvalue weighted by Gasteiger charge is -2.07. The van der Waals surface area contributed by atoms with Crippen molar-refractivity contribution in [2.45, 2.75) is 25.9 Å². The van der Waals surface area contributed by atoms with Gasteiger partial charge in [0, 0.05) is 0 Å². The molecule has 2 N–H and O–H groups in total. The maximum atomic E-state index is 13.9. The van der Waals surface area contributed by atoms with Crippen molar-refractivity contribution >= 4 is 23.4 Å². The molecule has 7 nitrogen and oxygen atoms in total. The summed E-state index contributed by atoms with van der Waals surface area (Å²) < 4.78 is 15.7. The topological polar surface area (TPSA) is 88.5 Å². The molecule has 2 heterocycles. The van der Waals surface area contributed by atoms with E-state index < -0.39 is 0 Å². The number of nitrogens with one attached hydrogen (secondary N) is 2. The average Bonchev–Trinajstić information content (AvgIpc) is 3.33. The van der Waals surface area contributed by atoms with Crippen LogP contribution < -0.4 is 5.32 Å². The van der Waals surface area contributed by atoms with Gasteiger partial charge >= 0.3 is 0 Å². The van der Waals surface area contributed by atoms with Crippen LogP contribution in [0.15, 0.2) is 53.7 Å². The first-order valence-corrected chi connectivity index (χ1v) is 10.6. The highest BCUT2D eigenvalue weighted by Gasteiger charge is 2.16. The highest BCUT2D eigenvalue weighted by Crippen LogP contribution is 2.25. The second kappa shape index (κ2) is 8.73. The van der Waals surface area contributed by atoms with Gasteiger partial charge in [0.1, 0.15) is 5.82 Å². The maximum absolute atomic E-state index is 13.9. The van der Waals surface area contributed by atoms with Crippen LogP contribution in [0.1, 0.15) is 17.0 Å². The highest BCUT2D eigenvalue weighted by molar-refractivity contribution is 7.99. The Kier molecular flexibility index (Phi) is 5.85. The van der Waals surface area contributed by atoms with E-state index >= 15 is 0 Å². The fourth-order valence-corrected chi connectivity index (χ4v) is 3.75. The van der Waals surface area contributed by atoms with Crippen LogP contribution in [0.3, 0.4) is 0 Å². The van der Waals surface area contributed by atoms with Crippen molar-refractivity contribution in [3.05, 3.63) is 71.3 Å². The molecule has 0 spiro atoms. The molecule has 4 rings (SSSR count). The SMILES string of the molecule is Cc1ccc(-n2nc(C)c(NC(=O)CSc3n[nH]c(-c4ccccc4F)n3)c2C)cc1. The van der Waals surface area contributed by atoms with Gasteiger partial charge < -0.3 is 5.32 Å². The van der Waals surface area contributed by atoms with Crippen molar-refractivity contribution in [3.63, 3.8) is 0 Å². The number of aryl methyl sites for hydroxylation is 2.